The summed E-state index contributed by atoms with van der Waals surface area (Å²) in [7, 11) is 0. The first-order chi connectivity index (χ1) is 27.3. The quantitative estimate of drug-likeness (QED) is 0.114. The van der Waals surface area contributed by atoms with Crippen molar-refractivity contribution < 1.29 is 28.9 Å². The van der Waals surface area contributed by atoms with Gasteiger partial charge in [0.1, 0.15) is 36.0 Å². The molecule has 294 valence electrons. The first-order valence-electron chi connectivity index (χ1n) is 18.2. The monoisotopic (exact) mass is 808 g/mol. The minimum absolute atomic E-state index is 0.00646. The summed E-state index contributed by atoms with van der Waals surface area (Å²) in [5, 5.41) is 10.3. The molecule has 0 unspecified atom stereocenters. The molecule has 6 rings (SSSR count). The van der Waals surface area contributed by atoms with Gasteiger partial charge in [0.25, 0.3) is 5.56 Å². The zero-order valence-electron chi connectivity index (χ0n) is 32.2. The maximum absolute atomic E-state index is 13.5. The SMILES string of the molecule is Cc1c(COc2cc(OCc3cncc(Cl)c3)c(C=O)cc2Cl)cccc1-c1cccc(-c2ccn3c(=O)c(CN(CCO)C(=O)OC(C)(C)C)cnc3c2)c1C. The zero-order valence-corrected chi connectivity index (χ0v) is 33.7. The van der Waals surface area contributed by atoms with Crippen molar-refractivity contribution in [1.82, 2.24) is 19.3 Å². The number of benzene rings is 3. The van der Waals surface area contributed by atoms with Crippen molar-refractivity contribution in [2.24, 2.45) is 0 Å². The summed E-state index contributed by atoms with van der Waals surface area (Å²) in [4.78, 5) is 48.1. The summed E-state index contributed by atoms with van der Waals surface area (Å²) >= 11 is 12.6. The molecule has 3 aromatic heterocycles. The second kappa shape index (κ2) is 17.6. The predicted octanol–water partition coefficient (Wildman–Crippen LogP) is 9.05. The summed E-state index contributed by atoms with van der Waals surface area (Å²) in [6.07, 6.45) is 6.37. The van der Waals surface area contributed by atoms with Gasteiger partial charge in [0, 0.05) is 43.0 Å². The molecule has 0 spiro atoms. The van der Waals surface area contributed by atoms with Crippen LogP contribution >= 0.6 is 23.2 Å². The number of aldehydes is 1. The number of halogens is 2. The maximum Gasteiger partial charge on any atom is 0.410 e. The molecule has 0 radical (unpaired) electrons. The maximum atomic E-state index is 13.5. The van der Waals surface area contributed by atoms with Crippen LogP contribution in [0.4, 0.5) is 4.79 Å². The predicted molar refractivity (Wildman–Crippen MR) is 220 cm³/mol. The molecule has 0 atom stereocenters. The van der Waals surface area contributed by atoms with Crippen LogP contribution in [0.3, 0.4) is 0 Å². The molecule has 57 heavy (non-hydrogen) atoms. The topological polar surface area (TPSA) is 133 Å². The molecule has 0 saturated heterocycles. The van der Waals surface area contributed by atoms with Gasteiger partial charge >= 0.3 is 6.09 Å². The fourth-order valence-electron chi connectivity index (χ4n) is 6.38. The average Bonchev–Trinajstić information content (AvgIpc) is 3.17. The van der Waals surface area contributed by atoms with Gasteiger partial charge in [-0.15, -0.1) is 0 Å². The Morgan fingerprint density at radius 3 is 2.32 bits per heavy atom. The standard InChI is InChI=1S/C44H42Cl2N4O7/c1-27-31(26-56-40-19-39(32(24-52)17-38(40)46)55-25-29-16-34(45)22-47-20-29)8-6-10-36(27)37-11-7-9-35(28(37)2)30-12-13-50-41(18-30)48-21-33(42(50)53)23-49(14-15-51)43(54)57-44(3,4)5/h6-13,16-22,24,51H,14-15,23,25-26H2,1-5H3. The lowest BCUT2D eigenvalue weighted by Crippen LogP contribution is -2.39. The van der Waals surface area contributed by atoms with Crippen LogP contribution in [0, 0.1) is 13.8 Å². The molecule has 13 heteroatoms. The van der Waals surface area contributed by atoms with Crippen LogP contribution in [-0.2, 0) is 24.5 Å². The third kappa shape index (κ3) is 9.62. The molecule has 0 saturated carbocycles. The van der Waals surface area contributed by atoms with Crippen LogP contribution in [0.25, 0.3) is 27.9 Å². The van der Waals surface area contributed by atoms with Gasteiger partial charge in [-0.2, -0.15) is 0 Å². The minimum Gasteiger partial charge on any atom is -0.488 e. The highest BCUT2D eigenvalue weighted by Gasteiger charge is 2.23. The summed E-state index contributed by atoms with van der Waals surface area (Å²) in [5.74, 6) is 0.686. The van der Waals surface area contributed by atoms with E-state index in [0.717, 1.165) is 44.5 Å². The van der Waals surface area contributed by atoms with E-state index in [1.54, 1.807) is 45.3 Å². The minimum atomic E-state index is -0.732. The Bertz CT molecular complexity index is 2520. The number of amides is 1. The van der Waals surface area contributed by atoms with Crippen molar-refractivity contribution in [3.05, 3.63) is 145 Å². The highest BCUT2D eigenvalue weighted by molar-refractivity contribution is 6.32. The molecule has 0 aliphatic heterocycles. The van der Waals surface area contributed by atoms with E-state index >= 15 is 0 Å². The number of nitrogens with zero attached hydrogens (tertiary/aromatic N) is 4. The molecule has 3 heterocycles. The van der Waals surface area contributed by atoms with E-state index in [-0.39, 0.29) is 54.6 Å². The van der Waals surface area contributed by atoms with E-state index in [0.29, 0.717) is 28.5 Å². The third-order valence-corrected chi connectivity index (χ3v) is 9.78. The second-order valence-corrected chi connectivity index (χ2v) is 15.3. The van der Waals surface area contributed by atoms with Gasteiger partial charge in [-0.3, -0.25) is 19.0 Å². The average molecular weight is 810 g/mol. The third-order valence-electron chi connectivity index (χ3n) is 9.27. The Hall–Kier alpha value is -5.75. The van der Waals surface area contributed by atoms with E-state index in [1.807, 2.05) is 43.3 Å². The van der Waals surface area contributed by atoms with Crippen molar-refractivity contribution in [3.63, 3.8) is 0 Å². The van der Waals surface area contributed by atoms with Crippen LogP contribution < -0.4 is 15.0 Å². The molecule has 1 amide bonds. The lowest BCUT2D eigenvalue weighted by atomic mass is 9.90. The number of aliphatic hydroxyl groups is 1. The number of rotatable bonds is 13. The first kappa shape index (κ1) is 40.9. The van der Waals surface area contributed by atoms with Crippen LogP contribution in [-0.4, -0.2) is 55.5 Å². The summed E-state index contributed by atoms with van der Waals surface area (Å²) < 4.78 is 19.1. The Kier molecular flexibility index (Phi) is 12.6. The normalized spacial score (nSPS) is 11.4. The van der Waals surface area contributed by atoms with E-state index < -0.39 is 11.7 Å². The van der Waals surface area contributed by atoms with Gasteiger partial charge < -0.3 is 24.2 Å². The lowest BCUT2D eigenvalue weighted by Gasteiger charge is -2.26. The molecule has 11 nitrogen and oxygen atoms in total. The fourth-order valence-corrected chi connectivity index (χ4v) is 6.80. The number of hydrogen-bond acceptors (Lipinski definition) is 9. The van der Waals surface area contributed by atoms with Gasteiger partial charge in [0.15, 0.2) is 6.29 Å². The van der Waals surface area contributed by atoms with Crippen molar-refractivity contribution in [3.8, 4) is 33.8 Å². The van der Waals surface area contributed by atoms with Gasteiger partial charge in [0.2, 0.25) is 0 Å². The Morgan fingerprint density at radius 2 is 1.60 bits per heavy atom. The van der Waals surface area contributed by atoms with Gasteiger partial charge in [-0.25, -0.2) is 9.78 Å². The summed E-state index contributed by atoms with van der Waals surface area (Å²) in [5.41, 5.74) is 7.59. The van der Waals surface area contributed by atoms with Crippen LogP contribution in [0.15, 0.2) is 96.3 Å². The first-order valence-corrected chi connectivity index (χ1v) is 18.9. The molecule has 0 fully saturated rings. The molecule has 3 aromatic carbocycles. The summed E-state index contributed by atoms with van der Waals surface area (Å²) in [6.45, 7) is 9.37. The fraction of sp³-hybridized carbons (Fsp3) is 0.250. The summed E-state index contributed by atoms with van der Waals surface area (Å²) in [6, 6.07) is 20.7. The van der Waals surface area contributed by atoms with E-state index in [1.165, 1.54) is 27.8 Å². The molecule has 0 bridgehead atoms. The van der Waals surface area contributed by atoms with E-state index in [4.69, 9.17) is 37.4 Å². The number of aromatic nitrogens is 3. The Labute approximate surface area is 340 Å². The van der Waals surface area contributed by atoms with E-state index in [2.05, 4.69) is 29.0 Å². The smallest absolute Gasteiger partial charge is 0.410 e. The van der Waals surface area contributed by atoms with Crippen molar-refractivity contribution in [1.29, 1.82) is 0 Å². The highest BCUT2D eigenvalue weighted by Crippen LogP contribution is 2.36. The van der Waals surface area contributed by atoms with Gasteiger partial charge in [-0.1, -0.05) is 59.6 Å². The highest BCUT2D eigenvalue weighted by atomic mass is 35.5. The van der Waals surface area contributed by atoms with Gasteiger partial charge in [-0.05, 0) is 97.8 Å². The van der Waals surface area contributed by atoms with Crippen LogP contribution in [0.5, 0.6) is 11.5 Å². The van der Waals surface area contributed by atoms with Crippen molar-refractivity contribution in [2.45, 2.75) is 60.0 Å². The van der Waals surface area contributed by atoms with Crippen molar-refractivity contribution >= 4 is 41.2 Å². The largest absolute Gasteiger partial charge is 0.488 e. The van der Waals surface area contributed by atoms with Gasteiger partial charge in [0.05, 0.1) is 34.3 Å². The van der Waals surface area contributed by atoms with Crippen LogP contribution in [0.1, 0.15) is 58.9 Å². The Balaban J connectivity index is 1.23. The lowest BCUT2D eigenvalue weighted by molar-refractivity contribution is 0.0200. The molecule has 0 aliphatic rings. The molecular formula is C44H42Cl2N4O7. The molecular weight excluding hydrogens is 767 g/mol. The number of carbonyl (C=O) groups excluding carboxylic acids is 2. The Morgan fingerprint density at radius 1 is 0.877 bits per heavy atom. The number of aliphatic hydroxyl groups excluding tert-OH is 1. The van der Waals surface area contributed by atoms with Crippen LogP contribution in [0.2, 0.25) is 10.0 Å². The number of carbonyl (C=O) groups is 2. The van der Waals surface area contributed by atoms with E-state index in [9.17, 15) is 19.5 Å². The second-order valence-electron chi connectivity index (χ2n) is 14.5. The molecule has 0 aliphatic carbocycles. The number of pyridine rings is 2. The van der Waals surface area contributed by atoms with Crippen molar-refractivity contribution in [2.75, 3.05) is 13.2 Å². The molecule has 1 N–H and O–H groups in total. The zero-order chi connectivity index (χ0) is 40.9. The number of hydrogen-bond donors (Lipinski definition) is 1. The number of fused-ring (bicyclic) bond motifs is 1. The number of ether oxygens (including phenoxy) is 3. The molecule has 6 aromatic rings.